The van der Waals surface area contributed by atoms with Crippen LogP contribution < -0.4 is 10.6 Å². The Kier molecular flexibility index (Phi) is 4.91. The van der Waals surface area contributed by atoms with Crippen LogP contribution in [0.4, 0.5) is 10.6 Å². The van der Waals surface area contributed by atoms with E-state index in [-0.39, 0.29) is 17.6 Å². The topological polar surface area (TPSA) is 107 Å². The summed E-state index contributed by atoms with van der Waals surface area (Å²) >= 11 is 0. The molecule has 3 N–H and O–H groups in total. The van der Waals surface area contributed by atoms with Crippen LogP contribution in [0.25, 0.3) is 0 Å². The number of anilines is 1. The molecule has 2 rings (SSSR count). The minimum absolute atomic E-state index is 0.0517. The highest BCUT2D eigenvalue weighted by atomic mass is 16.4. The monoisotopic (exact) mass is 293 g/mol. The van der Waals surface area contributed by atoms with E-state index in [9.17, 15) is 9.59 Å². The van der Waals surface area contributed by atoms with E-state index >= 15 is 0 Å². The van der Waals surface area contributed by atoms with Crippen LogP contribution in [0.1, 0.15) is 30.1 Å². The van der Waals surface area contributed by atoms with Crippen LogP contribution in [0.5, 0.6) is 0 Å². The maximum atomic E-state index is 11.7. The molecule has 2 heterocycles. The molecule has 0 spiro atoms. The first kappa shape index (κ1) is 15.0. The van der Waals surface area contributed by atoms with Crippen molar-refractivity contribution in [3.05, 3.63) is 18.1 Å². The fourth-order valence-corrected chi connectivity index (χ4v) is 2.28. The highest BCUT2D eigenvalue weighted by Crippen LogP contribution is 2.17. The highest BCUT2D eigenvalue weighted by Gasteiger charge is 2.23. The normalized spacial score (nSPS) is 15.6. The van der Waals surface area contributed by atoms with Gasteiger partial charge in [-0.2, -0.15) is 0 Å². The summed E-state index contributed by atoms with van der Waals surface area (Å²) in [6.07, 6.45) is 4.10. The minimum Gasteiger partial charge on any atom is -0.477 e. The van der Waals surface area contributed by atoms with Crippen LogP contribution >= 0.6 is 0 Å². The molecule has 1 aromatic heterocycles. The van der Waals surface area contributed by atoms with E-state index in [4.69, 9.17) is 5.11 Å². The molecule has 2 amide bonds. The smallest absolute Gasteiger partial charge is 0.341 e. The van der Waals surface area contributed by atoms with Crippen molar-refractivity contribution in [2.24, 2.45) is 0 Å². The SMILES string of the molecule is CCNC(=O)N1CCC(Nc2ncncc2C(=O)O)CC1. The molecule has 1 aliphatic rings. The van der Waals surface area contributed by atoms with Crippen molar-refractivity contribution in [1.29, 1.82) is 0 Å². The molecule has 1 aromatic rings. The average Bonchev–Trinajstić information content (AvgIpc) is 2.48. The van der Waals surface area contributed by atoms with Gasteiger partial charge in [-0.1, -0.05) is 0 Å². The van der Waals surface area contributed by atoms with Crippen molar-refractivity contribution in [2.75, 3.05) is 25.0 Å². The number of piperidine rings is 1. The molecule has 0 aliphatic carbocycles. The molecule has 21 heavy (non-hydrogen) atoms. The second-order valence-electron chi connectivity index (χ2n) is 4.83. The summed E-state index contributed by atoms with van der Waals surface area (Å²) in [6.45, 7) is 3.77. The number of hydrogen-bond donors (Lipinski definition) is 3. The molecule has 0 bridgehead atoms. The van der Waals surface area contributed by atoms with Crippen LogP contribution in [0.2, 0.25) is 0 Å². The lowest BCUT2D eigenvalue weighted by molar-refractivity contribution is 0.0697. The number of hydrogen-bond acceptors (Lipinski definition) is 5. The third-order valence-corrected chi connectivity index (χ3v) is 3.39. The first-order chi connectivity index (χ1) is 10.1. The number of amides is 2. The van der Waals surface area contributed by atoms with Crippen LogP contribution in [0, 0.1) is 0 Å². The molecule has 0 saturated carbocycles. The number of aromatic nitrogens is 2. The van der Waals surface area contributed by atoms with Gasteiger partial charge in [0.05, 0.1) is 0 Å². The van der Waals surface area contributed by atoms with Gasteiger partial charge in [-0.25, -0.2) is 19.6 Å². The van der Waals surface area contributed by atoms with Gasteiger partial charge in [0.2, 0.25) is 0 Å². The summed E-state index contributed by atoms with van der Waals surface area (Å²) in [5.74, 6) is -0.730. The predicted octanol–water partition coefficient (Wildman–Crippen LogP) is 0.781. The number of carbonyl (C=O) groups is 2. The number of rotatable bonds is 4. The standard InChI is InChI=1S/C13H19N5O3/c1-2-15-13(21)18-5-3-9(4-6-18)17-11-10(12(19)20)7-14-8-16-11/h7-9H,2-6H2,1H3,(H,15,21)(H,19,20)(H,14,16,17). The second kappa shape index (κ2) is 6.87. The molecule has 0 unspecified atom stereocenters. The predicted molar refractivity (Wildman–Crippen MR) is 76.3 cm³/mol. The molecule has 114 valence electrons. The fourth-order valence-electron chi connectivity index (χ4n) is 2.28. The molecule has 1 saturated heterocycles. The van der Waals surface area contributed by atoms with Gasteiger partial charge in [0.1, 0.15) is 17.7 Å². The highest BCUT2D eigenvalue weighted by molar-refractivity contribution is 5.92. The molecule has 0 aromatic carbocycles. The number of carboxylic acids is 1. The van der Waals surface area contributed by atoms with E-state index in [0.29, 0.717) is 25.5 Å². The Bertz CT molecular complexity index is 514. The van der Waals surface area contributed by atoms with Gasteiger partial charge in [-0.15, -0.1) is 0 Å². The minimum atomic E-state index is -1.06. The molecular weight excluding hydrogens is 274 g/mol. The summed E-state index contributed by atoms with van der Waals surface area (Å²) in [5.41, 5.74) is 0.0589. The lowest BCUT2D eigenvalue weighted by atomic mass is 10.1. The summed E-state index contributed by atoms with van der Waals surface area (Å²) in [6, 6.07) is 0.0490. The zero-order chi connectivity index (χ0) is 15.2. The van der Waals surface area contributed by atoms with E-state index in [0.717, 1.165) is 12.8 Å². The fraction of sp³-hybridized carbons (Fsp3) is 0.538. The molecule has 0 radical (unpaired) electrons. The van der Waals surface area contributed by atoms with E-state index in [1.807, 2.05) is 6.92 Å². The first-order valence-corrected chi connectivity index (χ1v) is 6.94. The van der Waals surface area contributed by atoms with Crippen molar-refractivity contribution >= 4 is 17.8 Å². The molecular formula is C13H19N5O3. The van der Waals surface area contributed by atoms with E-state index < -0.39 is 5.97 Å². The van der Waals surface area contributed by atoms with Crippen molar-refractivity contribution < 1.29 is 14.7 Å². The van der Waals surface area contributed by atoms with Crippen LogP contribution in [-0.2, 0) is 0 Å². The Labute approximate surface area is 122 Å². The molecule has 8 nitrogen and oxygen atoms in total. The van der Waals surface area contributed by atoms with Crippen LogP contribution in [-0.4, -0.2) is 57.7 Å². The van der Waals surface area contributed by atoms with Gasteiger partial charge in [0.15, 0.2) is 0 Å². The maximum absolute atomic E-state index is 11.7. The third kappa shape index (κ3) is 3.80. The van der Waals surface area contributed by atoms with Gasteiger partial charge in [0.25, 0.3) is 0 Å². The van der Waals surface area contributed by atoms with E-state index in [2.05, 4.69) is 20.6 Å². The van der Waals surface area contributed by atoms with Gasteiger partial charge in [-0.05, 0) is 19.8 Å². The van der Waals surface area contributed by atoms with E-state index in [1.165, 1.54) is 12.5 Å². The van der Waals surface area contributed by atoms with Crippen molar-refractivity contribution in [3.8, 4) is 0 Å². The average molecular weight is 293 g/mol. The molecule has 0 atom stereocenters. The lowest BCUT2D eigenvalue weighted by Gasteiger charge is -2.32. The number of aromatic carboxylic acids is 1. The summed E-state index contributed by atoms with van der Waals surface area (Å²) in [4.78, 5) is 32.3. The molecule has 1 aliphatic heterocycles. The Hall–Kier alpha value is -2.38. The number of carboxylic acid groups (broad SMARTS) is 1. The Morgan fingerprint density at radius 1 is 1.43 bits per heavy atom. The largest absolute Gasteiger partial charge is 0.477 e. The third-order valence-electron chi connectivity index (χ3n) is 3.39. The maximum Gasteiger partial charge on any atom is 0.341 e. The zero-order valence-corrected chi connectivity index (χ0v) is 11.9. The lowest BCUT2D eigenvalue weighted by Crippen LogP contribution is -2.46. The first-order valence-electron chi connectivity index (χ1n) is 6.94. The van der Waals surface area contributed by atoms with Gasteiger partial charge >= 0.3 is 12.0 Å². The van der Waals surface area contributed by atoms with Crippen molar-refractivity contribution in [3.63, 3.8) is 0 Å². The second-order valence-corrected chi connectivity index (χ2v) is 4.83. The van der Waals surface area contributed by atoms with E-state index in [1.54, 1.807) is 4.90 Å². The number of nitrogens with one attached hydrogen (secondary N) is 2. The summed E-state index contributed by atoms with van der Waals surface area (Å²) in [7, 11) is 0. The number of nitrogens with zero attached hydrogens (tertiary/aromatic N) is 3. The van der Waals surface area contributed by atoms with Crippen LogP contribution in [0.3, 0.4) is 0 Å². The Morgan fingerprint density at radius 2 is 2.14 bits per heavy atom. The van der Waals surface area contributed by atoms with Crippen molar-refractivity contribution in [2.45, 2.75) is 25.8 Å². The summed E-state index contributed by atoms with van der Waals surface area (Å²) < 4.78 is 0. The summed E-state index contributed by atoms with van der Waals surface area (Å²) in [5, 5.41) is 15.0. The Balaban J connectivity index is 1.92. The number of likely N-dealkylation sites (tertiary alicyclic amines) is 1. The molecule has 8 heteroatoms. The Morgan fingerprint density at radius 3 is 2.76 bits per heavy atom. The number of carbonyl (C=O) groups excluding carboxylic acids is 1. The van der Waals surface area contributed by atoms with Crippen molar-refractivity contribution in [1.82, 2.24) is 20.2 Å². The molecule has 1 fully saturated rings. The quantitative estimate of drug-likeness (QED) is 0.757. The van der Waals surface area contributed by atoms with Crippen LogP contribution in [0.15, 0.2) is 12.5 Å². The van der Waals surface area contributed by atoms with Gasteiger partial charge in [0, 0.05) is 31.9 Å². The van der Waals surface area contributed by atoms with Gasteiger partial charge < -0.3 is 20.6 Å². The number of urea groups is 1. The zero-order valence-electron chi connectivity index (χ0n) is 11.9. The van der Waals surface area contributed by atoms with Gasteiger partial charge in [-0.3, -0.25) is 0 Å².